The van der Waals surface area contributed by atoms with Gasteiger partial charge in [-0.3, -0.25) is 9.59 Å². The van der Waals surface area contributed by atoms with Crippen LogP contribution >= 0.6 is 0 Å². The average molecular weight is 777 g/mol. The number of fused-ring (bicyclic) bond motifs is 4. The van der Waals surface area contributed by atoms with Crippen LogP contribution in [-0.2, 0) is 12.2 Å². The van der Waals surface area contributed by atoms with Crippen LogP contribution in [0.2, 0.25) is 0 Å². The number of aromatic hydroxyl groups is 7. The summed E-state index contributed by atoms with van der Waals surface area (Å²) in [4.78, 5) is 29.7. The number of aliphatic hydroxyl groups is 1. The van der Waals surface area contributed by atoms with Crippen LogP contribution in [0.1, 0.15) is 102 Å². The molecular weight excluding hydrogens is 732 g/mol. The van der Waals surface area contributed by atoms with E-state index in [0.29, 0.717) is 11.1 Å². The second kappa shape index (κ2) is 14.0. The smallest absolute Gasteiger partial charge is 0.286 e. The van der Waals surface area contributed by atoms with Crippen molar-refractivity contribution in [1.82, 2.24) is 0 Å². The van der Waals surface area contributed by atoms with Gasteiger partial charge in [-0.05, 0) is 77.8 Å². The van der Waals surface area contributed by atoms with E-state index in [2.05, 4.69) is 0 Å². The fourth-order valence-electron chi connectivity index (χ4n) is 8.33. The first-order valence-electron chi connectivity index (χ1n) is 18.5. The number of benzene rings is 4. The Morgan fingerprint density at radius 3 is 2.16 bits per heavy atom. The molecule has 7 rings (SSSR count). The molecule has 5 atom stereocenters. The lowest BCUT2D eigenvalue weighted by Gasteiger charge is -2.43. The summed E-state index contributed by atoms with van der Waals surface area (Å²) in [6.45, 7) is 9.02. The molecule has 296 valence electrons. The number of carbonyl (C=O) groups excluding carboxylic acids is 2. The normalized spacial score (nSPS) is 23.2. The van der Waals surface area contributed by atoms with Crippen molar-refractivity contribution in [2.24, 2.45) is 5.92 Å². The van der Waals surface area contributed by atoms with Crippen LogP contribution in [0.25, 0.3) is 0 Å². The molecule has 0 bridgehead atoms. The molecule has 8 N–H and O–H groups in total. The van der Waals surface area contributed by atoms with E-state index >= 15 is 0 Å². The summed E-state index contributed by atoms with van der Waals surface area (Å²) in [5.41, 5.74) is -0.0812. The molecule has 5 unspecified atom stereocenters. The Morgan fingerprint density at radius 1 is 0.789 bits per heavy atom. The van der Waals surface area contributed by atoms with Crippen molar-refractivity contribution in [2.45, 2.75) is 77.1 Å². The zero-order valence-corrected chi connectivity index (χ0v) is 32.0. The topological polar surface area (TPSA) is 214 Å². The molecule has 0 amide bonds. The first kappa shape index (κ1) is 38.9. The molecule has 2 heterocycles. The number of hydrogen-bond acceptors (Lipinski definition) is 12. The van der Waals surface area contributed by atoms with Gasteiger partial charge in [0.15, 0.2) is 5.78 Å². The Morgan fingerprint density at radius 2 is 1.47 bits per heavy atom. The lowest BCUT2D eigenvalue weighted by molar-refractivity contribution is -0.221. The highest BCUT2D eigenvalue weighted by molar-refractivity contribution is 6.10. The summed E-state index contributed by atoms with van der Waals surface area (Å²) >= 11 is 0. The van der Waals surface area contributed by atoms with Crippen LogP contribution in [0, 0.1) is 5.92 Å². The Hall–Kier alpha value is -6.40. The van der Waals surface area contributed by atoms with Crippen LogP contribution < -0.4 is 9.47 Å². The molecule has 4 aromatic carbocycles. The van der Waals surface area contributed by atoms with Crippen molar-refractivity contribution in [2.75, 3.05) is 0 Å². The molecule has 4 aromatic rings. The second-order valence-corrected chi connectivity index (χ2v) is 15.6. The maximum absolute atomic E-state index is 14.9. The van der Waals surface area contributed by atoms with E-state index in [1.807, 2.05) is 13.8 Å². The molecule has 12 heteroatoms. The zero-order valence-electron chi connectivity index (χ0n) is 32.0. The molecule has 3 aliphatic rings. The second-order valence-electron chi connectivity index (χ2n) is 15.6. The van der Waals surface area contributed by atoms with E-state index in [9.17, 15) is 50.4 Å². The monoisotopic (exact) mass is 776 g/mol. The number of ketones is 2. The summed E-state index contributed by atoms with van der Waals surface area (Å²) in [5.74, 6) is -9.82. The van der Waals surface area contributed by atoms with E-state index in [0.717, 1.165) is 17.2 Å². The minimum atomic E-state index is -2.45. The van der Waals surface area contributed by atoms with E-state index in [-0.39, 0.29) is 76.0 Å². The third-order valence-corrected chi connectivity index (χ3v) is 11.3. The number of rotatable bonds is 8. The summed E-state index contributed by atoms with van der Waals surface area (Å²) < 4.78 is 12.3. The van der Waals surface area contributed by atoms with Gasteiger partial charge in [0.25, 0.3) is 5.79 Å². The first-order valence-corrected chi connectivity index (χ1v) is 18.5. The molecule has 0 saturated heterocycles. The van der Waals surface area contributed by atoms with Gasteiger partial charge in [-0.2, -0.15) is 0 Å². The molecule has 0 spiro atoms. The van der Waals surface area contributed by atoms with E-state index in [1.165, 1.54) is 48.5 Å². The number of ether oxygens (including phenoxy) is 2. The summed E-state index contributed by atoms with van der Waals surface area (Å²) in [5, 5.41) is 89.5. The average Bonchev–Trinajstić information content (AvgIpc) is 3.38. The van der Waals surface area contributed by atoms with Crippen LogP contribution in [0.5, 0.6) is 51.7 Å². The van der Waals surface area contributed by atoms with Gasteiger partial charge < -0.3 is 50.3 Å². The molecule has 0 aromatic heterocycles. The minimum absolute atomic E-state index is 0.0255. The molecule has 0 fully saturated rings. The number of phenols is 7. The fraction of sp³-hybridized carbons (Fsp3) is 0.289. The van der Waals surface area contributed by atoms with Gasteiger partial charge in [-0.15, -0.1) is 0 Å². The summed E-state index contributed by atoms with van der Waals surface area (Å²) in [6.07, 6.45) is 4.97. The van der Waals surface area contributed by atoms with E-state index in [4.69, 9.17) is 9.47 Å². The quantitative estimate of drug-likeness (QED) is 0.0637. The van der Waals surface area contributed by atoms with Crippen LogP contribution in [0.15, 0.2) is 89.5 Å². The van der Waals surface area contributed by atoms with Gasteiger partial charge in [0.1, 0.15) is 57.3 Å². The maximum Gasteiger partial charge on any atom is 0.286 e. The van der Waals surface area contributed by atoms with Crippen molar-refractivity contribution in [3.05, 3.63) is 123 Å². The molecule has 57 heavy (non-hydrogen) atoms. The van der Waals surface area contributed by atoms with E-state index < -0.39 is 63.5 Å². The number of hydrogen-bond donors (Lipinski definition) is 8. The number of phenolic OH excluding ortho intramolecular Hbond substituents is 7. The Balaban J connectivity index is 1.41. The Labute approximate surface area is 328 Å². The summed E-state index contributed by atoms with van der Waals surface area (Å²) in [7, 11) is 0. The SMILES string of the molecule is CC(C)=CCc1c(O)ccc(C(=O)C2CC(c3ccc(O)cc3O)C(C)=CC2c2c(O)cc3c(c2O)C(=O)C2(CC=C(C)C)Oc4cc(O)ccc4C2(O)O3)c1O. The van der Waals surface area contributed by atoms with Gasteiger partial charge in [-0.1, -0.05) is 41.0 Å². The molecule has 12 nitrogen and oxygen atoms in total. The highest BCUT2D eigenvalue weighted by Crippen LogP contribution is 2.60. The van der Waals surface area contributed by atoms with E-state index in [1.54, 1.807) is 39.0 Å². The molecule has 1 aliphatic carbocycles. The Kier molecular flexibility index (Phi) is 9.52. The summed E-state index contributed by atoms with van der Waals surface area (Å²) in [6, 6.07) is 11.7. The van der Waals surface area contributed by atoms with Gasteiger partial charge in [0.05, 0.1) is 11.1 Å². The van der Waals surface area contributed by atoms with Crippen molar-refractivity contribution >= 4 is 11.6 Å². The number of Topliss-reactive ketones (excluding diaryl/α,β-unsaturated/α-hetero) is 2. The van der Waals surface area contributed by atoms with Gasteiger partial charge in [-0.25, -0.2) is 0 Å². The lowest BCUT2D eigenvalue weighted by atomic mass is 9.67. The molecule has 2 aliphatic heterocycles. The van der Waals surface area contributed by atoms with Crippen LogP contribution in [-0.4, -0.2) is 58.0 Å². The van der Waals surface area contributed by atoms with Crippen LogP contribution in [0.3, 0.4) is 0 Å². The van der Waals surface area contributed by atoms with Crippen molar-refractivity contribution < 1.29 is 59.9 Å². The molecule has 0 radical (unpaired) electrons. The van der Waals surface area contributed by atoms with Crippen molar-refractivity contribution in [1.29, 1.82) is 0 Å². The zero-order chi connectivity index (χ0) is 41.3. The number of carbonyl (C=O) groups is 2. The predicted molar refractivity (Wildman–Crippen MR) is 208 cm³/mol. The van der Waals surface area contributed by atoms with Gasteiger partial charge in [0.2, 0.25) is 11.4 Å². The van der Waals surface area contributed by atoms with Gasteiger partial charge >= 0.3 is 0 Å². The first-order chi connectivity index (χ1) is 26.9. The van der Waals surface area contributed by atoms with Crippen molar-refractivity contribution in [3.8, 4) is 51.7 Å². The van der Waals surface area contributed by atoms with Gasteiger partial charge in [0, 0.05) is 59.1 Å². The predicted octanol–water partition coefficient (Wildman–Crippen LogP) is 7.76. The lowest BCUT2D eigenvalue weighted by Crippen LogP contribution is -2.62. The standard InChI is InChI=1S/C45H44O12/c1-21(2)6-9-27-33(48)13-11-28(40(27)51)41(52)31-19-29(26-10-7-24(46)17-34(26)49)23(5)16-30(31)38-35(50)20-37-39(42(38)53)43(54)44(15-14-22(3)4)45(55,57-37)32-12-8-25(47)18-36(32)56-44/h6-8,10-14,16-18,20,29-31,46-51,53,55H,9,15,19H2,1-5H3. The third-order valence-electron chi connectivity index (χ3n) is 11.3. The fourth-order valence-corrected chi connectivity index (χ4v) is 8.33. The van der Waals surface area contributed by atoms with Crippen LogP contribution in [0.4, 0.5) is 0 Å². The minimum Gasteiger partial charge on any atom is -0.508 e. The van der Waals surface area contributed by atoms with Crippen molar-refractivity contribution in [3.63, 3.8) is 0 Å². The largest absolute Gasteiger partial charge is 0.508 e. The maximum atomic E-state index is 14.9. The molecular formula is C45H44O12. The number of allylic oxidation sites excluding steroid dienone is 5. The Bertz CT molecular complexity index is 2450. The highest BCUT2D eigenvalue weighted by atomic mass is 16.7. The molecule has 0 saturated carbocycles. The highest BCUT2D eigenvalue weighted by Gasteiger charge is 2.70. The third kappa shape index (κ3) is 6.20.